The van der Waals surface area contributed by atoms with Gasteiger partial charge in [0.25, 0.3) is 0 Å². The fourth-order valence-corrected chi connectivity index (χ4v) is 5.63. The smallest absolute Gasteiger partial charge is 0.243 e. The van der Waals surface area contributed by atoms with Crippen LogP contribution in [-0.4, -0.2) is 31.7 Å². The summed E-state index contributed by atoms with van der Waals surface area (Å²) >= 11 is 0. The average molecular weight is 469 g/mol. The third kappa shape index (κ3) is 5.13. The summed E-state index contributed by atoms with van der Waals surface area (Å²) in [6, 6.07) is 20.1. The fraction of sp³-hybridized carbons (Fsp3) is 0.240. The van der Waals surface area contributed by atoms with E-state index in [1.165, 1.54) is 29.4 Å². The first-order valence-electron chi connectivity index (χ1n) is 10.6. The van der Waals surface area contributed by atoms with E-state index in [1.54, 1.807) is 31.2 Å². The van der Waals surface area contributed by atoms with Crippen LogP contribution < -0.4 is 5.32 Å². The van der Waals surface area contributed by atoms with E-state index in [0.29, 0.717) is 16.8 Å². The van der Waals surface area contributed by atoms with E-state index in [1.807, 2.05) is 30.3 Å². The Bertz CT molecular complexity index is 1250. The monoisotopic (exact) mass is 468 g/mol. The molecule has 1 N–H and O–H groups in total. The van der Waals surface area contributed by atoms with Crippen LogP contribution in [0.1, 0.15) is 35.8 Å². The van der Waals surface area contributed by atoms with Crippen LogP contribution >= 0.6 is 0 Å². The van der Waals surface area contributed by atoms with Gasteiger partial charge in [-0.05, 0) is 47.9 Å². The van der Waals surface area contributed by atoms with Gasteiger partial charge in [-0.1, -0.05) is 48.5 Å². The quantitative estimate of drug-likeness (QED) is 0.594. The van der Waals surface area contributed by atoms with Crippen LogP contribution in [0.25, 0.3) is 0 Å². The molecular weight excluding hydrogens is 443 g/mol. The van der Waals surface area contributed by atoms with Gasteiger partial charge in [0, 0.05) is 25.7 Å². The number of morpholine rings is 1. The molecule has 2 atom stereocenters. The lowest BCUT2D eigenvalue weighted by Gasteiger charge is -2.38. The largest absolute Gasteiger partial charge is 0.363 e. The van der Waals surface area contributed by atoms with E-state index in [2.05, 4.69) is 5.32 Å². The topological polar surface area (TPSA) is 75.7 Å². The molecule has 1 heterocycles. The number of amides is 1. The highest BCUT2D eigenvalue weighted by Gasteiger charge is 2.37. The van der Waals surface area contributed by atoms with Crippen molar-refractivity contribution in [1.29, 1.82) is 0 Å². The van der Waals surface area contributed by atoms with E-state index < -0.39 is 22.2 Å². The number of halogens is 1. The molecule has 3 aromatic rings. The Labute approximate surface area is 193 Å². The molecule has 1 saturated heterocycles. The van der Waals surface area contributed by atoms with Gasteiger partial charge in [0.1, 0.15) is 5.82 Å². The van der Waals surface area contributed by atoms with Crippen molar-refractivity contribution < 1.29 is 22.3 Å². The number of ether oxygens (including phenoxy) is 1. The summed E-state index contributed by atoms with van der Waals surface area (Å²) in [6.07, 6.45) is -1.07. The van der Waals surface area contributed by atoms with Gasteiger partial charge < -0.3 is 10.1 Å². The van der Waals surface area contributed by atoms with Crippen LogP contribution in [-0.2, 0) is 19.6 Å². The highest BCUT2D eigenvalue weighted by Crippen LogP contribution is 2.36. The van der Waals surface area contributed by atoms with Crippen LogP contribution in [0, 0.1) is 12.7 Å². The molecule has 33 heavy (non-hydrogen) atoms. The molecule has 0 aromatic heterocycles. The predicted molar refractivity (Wildman–Crippen MR) is 124 cm³/mol. The molecule has 172 valence electrons. The number of carbonyl (C=O) groups excluding carboxylic acids is 1. The van der Waals surface area contributed by atoms with Crippen molar-refractivity contribution in [2.45, 2.75) is 31.0 Å². The lowest BCUT2D eigenvalue weighted by atomic mass is 10.0. The normalized spacial score (nSPS) is 19.2. The van der Waals surface area contributed by atoms with Gasteiger partial charge in [0.2, 0.25) is 15.9 Å². The van der Waals surface area contributed by atoms with Crippen LogP contribution in [0.15, 0.2) is 77.7 Å². The second-order valence-electron chi connectivity index (χ2n) is 8.06. The molecule has 0 radical (unpaired) electrons. The fourth-order valence-electron chi connectivity index (χ4n) is 3.94. The molecule has 2 unspecified atom stereocenters. The van der Waals surface area contributed by atoms with Gasteiger partial charge in [0.05, 0.1) is 17.1 Å². The molecule has 0 saturated carbocycles. The minimum absolute atomic E-state index is 0.0844. The second kappa shape index (κ2) is 9.43. The standard InChI is InChI=1S/C25H25FN2O4S/c1-17-8-13-22(27-18(2)29)14-25(17)33(30,31)28-15-23(19-6-4-3-5-7-19)32-24(16-28)20-9-11-21(26)12-10-20/h3-14,23-24H,15-16H2,1-2H3,(H,27,29). The first-order valence-corrected chi connectivity index (χ1v) is 12.0. The molecule has 8 heteroatoms. The van der Waals surface area contributed by atoms with Crippen molar-refractivity contribution in [1.82, 2.24) is 4.31 Å². The van der Waals surface area contributed by atoms with E-state index >= 15 is 0 Å². The number of rotatable bonds is 5. The maximum atomic E-state index is 13.8. The number of nitrogens with zero attached hydrogens (tertiary/aromatic N) is 1. The Balaban J connectivity index is 1.73. The highest BCUT2D eigenvalue weighted by atomic mass is 32.2. The molecule has 1 fully saturated rings. The molecule has 1 amide bonds. The first kappa shape index (κ1) is 23.1. The van der Waals surface area contributed by atoms with Crippen LogP contribution in [0.3, 0.4) is 0 Å². The van der Waals surface area contributed by atoms with Gasteiger partial charge in [-0.2, -0.15) is 4.31 Å². The molecule has 0 aliphatic carbocycles. The summed E-state index contributed by atoms with van der Waals surface area (Å²) in [5, 5.41) is 2.64. The molecule has 4 rings (SSSR count). The number of nitrogens with one attached hydrogen (secondary N) is 1. The zero-order valence-corrected chi connectivity index (χ0v) is 19.2. The van der Waals surface area contributed by atoms with Crippen LogP contribution in [0.2, 0.25) is 0 Å². The highest BCUT2D eigenvalue weighted by molar-refractivity contribution is 7.89. The molecule has 0 bridgehead atoms. The van der Waals surface area contributed by atoms with Crippen molar-refractivity contribution in [3.05, 3.63) is 95.3 Å². The summed E-state index contributed by atoms with van der Waals surface area (Å²) in [6.45, 7) is 3.31. The lowest BCUT2D eigenvalue weighted by Crippen LogP contribution is -2.43. The Morgan fingerprint density at radius 1 is 0.970 bits per heavy atom. The van der Waals surface area contributed by atoms with Gasteiger partial charge in [-0.25, -0.2) is 12.8 Å². The van der Waals surface area contributed by atoms with Crippen LogP contribution in [0.5, 0.6) is 0 Å². The number of anilines is 1. The zero-order valence-electron chi connectivity index (χ0n) is 18.4. The number of hydrogen-bond acceptors (Lipinski definition) is 4. The number of carbonyl (C=O) groups is 1. The first-order chi connectivity index (χ1) is 15.7. The molecule has 3 aromatic carbocycles. The SMILES string of the molecule is CC(=O)Nc1ccc(C)c(S(=O)(=O)N2CC(c3ccccc3)OC(c3ccc(F)cc3)C2)c1. The summed E-state index contributed by atoms with van der Waals surface area (Å²) in [5.41, 5.74) is 2.54. The Morgan fingerprint density at radius 3 is 2.18 bits per heavy atom. The van der Waals surface area contributed by atoms with Crippen LogP contribution in [0.4, 0.5) is 10.1 Å². The van der Waals surface area contributed by atoms with Crippen molar-refractivity contribution in [2.75, 3.05) is 18.4 Å². The molecular formula is C25H25FN2O4S. The third-order valence-electron chi connectivity index (χ3n) is 5.61. The molecule has 1 aliphatic heterocycles. The van der Waals surface area contributed by atoms with Crippen molar-refractivity contribution >= 4 is 21.6 Å². The molecule has 6 nitrogen and oxygen atoms in total. The maximum Gasteiger partial charge on any atom is 0.243 e. The number of benzene rings is 3. The summed E-state index contributed by atoms with van der Waals surface area (Å²) in [4.78, 5) is 11.6. The number of sulfonamides is 1. The number of hydrogen-bond donors (Lipinski definition) is 1. The predicted octanol–water partition coefficient (Wildman–Crippen LogP) is 4.60. The molecule has 1 aliphatic rings. The minimum Gasteiger partial charge on any atom is -0.363 e. The Morgan fingerprint density at radius 2 is 1.58 bits per heavy atom. The lowest BCUT2D eigenvalue weighted by molar-refractivity contribution is -0.114. The van der Waals surface area contributed by atoms with Gasteiger partial charge in [0.15, 0.2) is 0 Å². The summed E-state index contributed by atoms with van der Waals surface area (Å²) < 4.78 is 48.7. The van der Waals surface area contributed by atoms with Crippen molar-refractivity contribution in [3.8, 4) is 0 Å². The second-order valence-corrected chi connectivity index (χ2v) is 9.97. The Kier molecular flexibility index (Phi) is 6.60. The van der Waals surface area contributed by atoms with Gasteiger partial charge in [-0.15, -0.1) is 0 Å². The zero-order chi connectivity index (χ0) is 23.6. The van der Waals surface area contributed by atoms with E-state index in [-0.39, 0.29) is 29.7 Å². The maximum absolute atomic E-state index is 13.8. The van der Waals surface area contributed by atoms with E-state index in [0.717, 1.165) is 5.56 Å². The van der Waals surface area contributed by atoms with Gasteiger partial charge >= 0.3 is 0 Å². The van der Waals surface area contributed by atoms with Crippen molar-refractivity contribution in [2.24, 2.45) is 0 Å². The molecule has 0 spiro atoms. The average Bonchev–Trinajstić information content (AvgIpc) is 2.80. The third-order valence-corrected chi connectivity index (χ3v) is 7.58. The summed E-state index contributed by atoms with van der Waals surface area (Å²) in [7, 11) is -3.91. The minimum atomic E-state index is -3.91. The van der Waals surface area contributed by atoms with Gasteiger partial charge in [-0.3, -0.25) is 4.79 Å². The summed E-state index contributed by atoms with van der Waals surface area (Å²) in [5.74, 6) is -0.654. The van der Waals surface area contributed by atoms with E-state index in [4.69, 9.17) is 4.74 Å². The number of aryl methyl sites for hydroxylation is 1. The Hall–Kier alpha value is -3.07. The van der Waals surface area contributed by atoms with Crippen molar-refractivity contribution in [3.63, 3.8) is 0 Å². The van der Waals surface area contributed by atoms with E-state index in [9.17, 15) is 17.6 Å².